The van der Waals surface area contributed by atoms with Gasteiger partial charge in [-0.05, 0) is 34.6 Å². The lowest BCUT2D eigenvalue weighted by Gasteiger charge is -2.14. The van der Waals surface area contributed by atoms with E-state index in [1.165, 1.54) is 12.1 Å². The van der Waals surface area contributed by atoms with Crippen LogP contribution in [0.25, 0.3) is 0 Å². The highest BCUT2D eigenvalue weighted by Gasteiger charge is 2.13. The molecule has 0 spiro atoms. The maximum Gasteiger partial charge on any atom is 0.150 e. The zero-order valence-electron chi connectivity index (χ0n) is 11.2. The van der Waals surface area contributed by atoms with Crippen molar-refractivity contribution in [3.8, 4) is 11.5 Å². The molecule has 0 bridgehead atoms. The monoisotopic (exact) mass is 391 g/mol. The maximum absolute atomic E-state index is 13.6. The Balaban J connectivity index is 2.37. The van der Waals surface area contributed by atoms with Gasteiger partial charge in [0.15, 0.2) is 5.75 Å². The summed E-state index contributed by atoms with van der Waals surface area (Å²) in [4.78, 5) is 0. The van der Waals surface area contributed by atoms with Crippen molar-refractivity contribution < 1.29 is 9.13 Å². The van der Waals surface area contributed by atoms with Gasteiger partial charge in [-0.25, -0.2) is 4.39 Å². The number of benzene rings is 2. The zero-order valence-corrected chi connectivity index (χ0v) is 14.3. The highest BCUT2D eigenvalue weighted by atomic mass is 79.9. The van der Waals surface area contributed by atoms with Gasteiger partial charge in [-0.2, -0.15) is 0 Å². The number of rotatable bonds is 5. The van der Waals surface area contributed by atoms with Crippen molar-refractivity contribution in [3.05, 3.63) is 56.2 Å². The predicted octanol–water partition coefficient (Wildman–Crippen LogP) is 5.80. The van der Waals surface area contributed by atoms with E-state index in [-0.39, 0.29) is 5.02 Å². The molecule has 0 atom stereocenters. The smallest absolute Gasteiger partial charge is 0.150 e. The van der Waals surface area contributed by atoms with Gasteiger partial charge >= 0.3 is 0 Å². The number of halogens is 4. The van der Waals surface area contributed by atoms with Gasteiger partial charge in [0.25, 0.3) is 0 Å². The van der Waals surface area contributed by atoms with Crippen LogP contribution >= 0.6 is 39.1 Å². The molecule has 0 unspecified atom stereocenters. The minimum atomic E-state index is -0.546. The van der Waals surface area contributed by atoms with E-state index in [0.717, 1.165) is 12.1 Å². The van der Waals surface area contributed by atoms with Crippen LogP contribution in [0.5, 0.6) is 11.5 Å². The molecule has 2 rings (SSSR count). The zero-order chi connectivity index (χ0) is 15.4. The summed E-state index contributed by atoms with van der Waals surface area (Å²) in [5, 5.41) is 3.70. The van der Waals surface area contributed by atoms with E-state index >= 15 is 0 Å². The van der Waals surface area contributed by atoms with Crippen LogP contribution in [0.15, 0.2) is 34.8 Å². The van der Waals surface area contributed by atoms with Crippen molar-refractivity contribution in [2.45, 2.75) is 13.5 Å². The molecular weight excluding hydrogens is 380 g/mol. The maximum atomic E-state index is 13.6. The molecular formula is C15H13BrCl2FNO. The molecule has 21 heavy (non-hydrogen) atoms. The van der Waals surface area contributed by atoms with Crippen molar-refractivity contribution >= 4 is 39.1 Å². The van der Waals surface area contributed by atoms with Crippen molar-refractivity contribution in [1.82, 2.24) is 5.32 Å². The summed E-state index contributed by atoms with van der Waals surface area (Å²) in [6.07, 6.45) is 0. The van der Waals surface area contributed by atoms with Gasteiger partial charge in [0.2, 0.25) is 0 Å². The SMILES string of the molecule is CCNCc1cccc(Cl)c1Oc1cc(F)c(Cl)cc1Br. The van der Waals surface area contributed by atoms with E-state index < -0.39 is 5.82 Å². The molecule has 6 heteroatoms. The lowest BCUT2D eigenvalue weighted by atomic mass is 10.2. The lowest BCUT2D eigenvalue weighted by molar-refractivity contribution is 0.465. The second kappa shape index (κ2) is 7.45. The van der Waals surface area contributed by atoms with Crippen LogP contribution < -0.4 is 10.1 Å². The third kappa shape index (κ3) is 4.10. The first-order valence-electron chi connectivity index (χ1n) is 6.33. The van der Waals surface area contributed by atoms with Crippen LogP contribution in [0, 0.1) is 5.82 Å². The minimum Gasteiger partial charge on any atom is -0.454 e. The first-order valence-corrected chi connectivity index (χ1v) is 7.88. The Morgan fingerprint density at radius 2 is 2.00 bits per heavy atom. The molecule has 0 saturated carbocycles. The summed E-state index contributed by atoms with van der Waals surface area (Å²) in [7, 11) is 0. The summed E-state index contributed by atoms with van der Waals surface area (Å²) in [6, 6.07) is 8.16. The van der Waals surface area contributed by atoms with Crippen molar-refractivity contribution in [1.29, 1.82) is 0 Å². The van der Waals surface area contributed by atoms with E-state index in [0.29, 0.717) is 27.5 Å². The average Bonchev–Trinajstić information content (AvgIpc) is 2.45. The van der Waals surface area contributed by atoms with Crippen molar-refractivity contribution in [2.75, 3.05) is 6.54 Å². The number of para-hydroxylation sites is 1. The van der Waals surface area contributed by atoms with Crippen LogP contribution in [-0.4, -0.2) is 6.54 Å². The fourth-order valence-electron chi connectivity index (χ4n) is 1.76. The van der Waals surface area contributed by atoms with Crippen LogP contribution in [-0.2, 0) is 6.54 Å². The fourth-order valence-corrected chi connectivity index (χ4v) is 2.71. The normalized spacial score (nSPS) is 10.7. The molecule has 2 nitrogen and oxygen atoms in total. The predicted molar refractivity (Wildman–Crippen MR) is 88.0 cm³/mol. The Hall–Kier alpha value is -0.810. The summed E-state index contributed by atoms with van der Waals surface area (Å²) in [6.45, 7) is 3.45. The van der Waals surface area contributed by atoms with Crippen molar-refractivity contribution in [3.63, 3.8) is 0 Å². The van der Waals surface area contributed by atoms with Gasteiger partial charge in [-0.1, -0.05) is 42.3 Å². The van der Waals surface area contributed by atoms with Crippen LogP contribution in [0.1, 0.15) is 12.5 Å². The highest BCUT2D eigenvalue weighted by Crippen LogP contribution is 2.38. The Bertz CT molecular complexity index is 652. The molecule has 1 N–H and O–H groups in total. The Morgan fingerprint density at radius 3 is 2.71 bits per heavy atom. The van der Waals surface area contributed by atoms with Gasteiger partial charge < -0.3 is 10.1 Å². The number of hydrogen-bond acceptors (Lipinski definition) is 2. The number of hydrogen-bond donors (Lipinski definition) is 1. The standard InChI is InChI=1S/C15H13BrCl2FNO/c1-2-20-8-9-4-3-5-11(17)15(9)21-14-7-13(19)12(18)6-10(14)16/h3-7,20H,2,8H2,1H3. The molecule has 0 aliphatic rings. The third-order valence-electron chi connectivity index (χ3n) is 2.80. The molecule has 0 aliphatic carbocycles. The summed E-state index contributed by atoms with van der Waals surface area (Å²) in [5.41, 5.74) is 0.895. The lowest BCUT2D eigenvalue weighted by Crippen LogP contribution is -2.12. The van der Waals surface area contributed by atoms with Gasteiger partial charge in [0.1, 0.15) is 11.6 Å². The summed E-state index contributed by atoms with van der Waals surface area (Å²) >= 11 is 15.2. The Morgan fingerprint density at radius 1 is 1.24 bits per heavy atom. The second-order valence-electron chi connectivity index (χ2n) is 4.31. The molecule has 0 heterocycles. The molecule has 0 aromatic heterocycles. The van der Waals surface area contributed by atoms with E-state index in [2.05, 4.69) is 21.2 Å². The molecule has 2 aromatic rings. The molecule has 2 aromatic carbocycles. The van der Waals surface area contributed by atoms with Crippen LogP contribution in [0.3, 0.4) is 0 Å². The Labute approximate surface area is 141 Å². The van der Waals surface area contributed by atoms with E-state index in [1.807, 2.05) is 19.1 Å². The van der Waals surface area contributed by atoms with Gasteiger partial charge in [-0.15, -0.1) is 0 Å². The van der Waals surface area contributed by atoms with E-state index in [1.54, 1.807) is 6.07 Å². The van der Waals surface area contributed by atoms with Crippen molar-refractivity contribution in [2.24, 2.45) is 0 Å². The topological polar surface area (TPSA) is 21.3 Å². The second-order valence-corrected chi connectivity index (χ2v) is 5.98. The average molecular weight is 393 g/mol. The van der Waals surface area contributed by atoms with Gasteiger partial charge in [-0.3, -0.25) is 0 Å². The van der Waals surface area contributed by atoms with Gasteiger partial charge in [0.05, 0.1) is 14.5 Å². The highest BCUT2D eigenvalue weighted by molar-refractivity contribution is 9.10. The van der Waals surface area contributed by atoms with Crippen LogP contribution in [0.4, 0.5) is 4.39 Å². The van der Waals surface area contributed by atoms with E-state index in [9.17, 15) is 4.39 Å². The van der Waals surface area contributed by atoms with E-state index in [4.69, 9.17) is 27.9 Å². The fraction of sp³-hybridized carbons (Fsp3) is 0.200. The minimum absolute atomic E-state index is 0.0289. The largest absolute Gasteiger partial charge is 0.454 e. The first kappa shape index (κ1) is 16.6. The number of nitrogens with one attached hydrogen (secondary N) is 1. The Kier molecular flexibility index (Phi) is 5.88. The van der Waals surface area contributed by atoms with Gasteiger partial charge in [0, 0.05) is 18.2 Å². The quantitative estimate of drug-likeness (QED) is 0.649. The van der Waals surface area contributed by atoms with Crippen LogP contribution in [0.2, 0.25) is 10.0 Å². The molecule has 0 saturated heterocycles. The summed E-state index contributed by atoms with van der Waals surface area (Å²) < 4.78 is 19.9. The molecule has 0 radical (unpaired) electrons. The first-order chi connectivity index (χ1) is 10.0. The summed E-state index contributed by atoms with van der Waals surface area (Å²) in [5.74, 6) is 0.278. The third-order valence-corrected chi connectivity index (χ3v) is 4.01. The number of ether oxygens (including phenoxy) is 1. The molecule has 0 aliphatic heterocycles. The molecule has 0 fully saturated rings. The molecule has 112 valence electrons. The molecule has 0 amide bonds.